The summed E-state index contributed by atoms with van der Waals surface area (Å²) in [5.74, 6) is 0.576. The van der Waals surface area contributed by atoms with Crippen LogP contribution in [0.2, 0.25) is 5.02 Å². The highest BCUT2D eigenvalue weighted by Gasteiger charge is 2.40. The lowest BCUT2D eigenvalue weighted by atomic mass is 10.2. The van der Waals surface area contributed by atoms with E-state index >= 15 is 0 Å². The molecule has 1 saturated carbocycles. The van der Waals surface area contributed by atoms with Crippen LogP contribution in [-0.4, -0.2) is 29.0 Å². The van der Waals surface area contributed by atoms with Crippen molar-refractivity contribution < 1.29 is 12.8 Å². The normalized spacial score (nSPS) is 14.6. The summed E-state index contributed by atoms with van der Waals surface area (Å²) in [5, 5.41) is 8.29. The van der Waals surface area contributed by atoms with E-state index in [2.05, 4.69) is 26.1 Å². The average molecular weight is 469 g/mol. The monoisotopic (exact) mass is 467 g/mol. The molecular formula is C18H15BrClN3O3S. The Balaban J connectivity index is 1.64. The molecule has 1 heterocycles. The first-order chi connectivity index (χ1) is 13.0. The molecule has 0 amide bonds. The van der Waals surface area contributed by atoms with Crippen LogP contribution in [0.15, 0.2) is 62.3 Å². The van der Waals surface area contributed by atoms with Crippen molar-refractivity contribution in [1.82, 2.24) is 14.5 Å². The molecule has 0 bridgehead atoms. The summed E-state index contributed by atoms with van der Waals surface area (Å²) in [6.07, 6.45) is 1.60. The first-order valence-electron chi connectivity index (χ1n) is 8.30. The van der Waals surface area contributed by atoms with Crippen LogP contribution in [0.5, 0.6) is 0 Å². The van der Waals surface area contributed by atoms with Crippen molar-refractivity contribution in [2.45, 2.75) is 30.3 Å². The van der Waals surface area contributed by atoms with Gasteiger partial charge in [-0.15, -0.1) is 10.2 Å². The van der Waals surface area contributed by atoms with Crippen LogP contribution in [0.4, 0.5) is 0 Å². The fourth-order valence-corrected chi connectivity index (χ4v) is 5.33. The second kappa shape index (κ2) is 7.35. The van der Waals surface area contributed by atoms with Gasteiger partial charge in [-0.2, -0.15) is 4.31 Å². The molecule has 0 aliphatic heterocycles. The van der Waals surface area contributed by atoms with Crippen molar-refractivity contribution in [3.05, 3.63) is 63.9 Å². The molecule has 27 heavy (non-hydrogen) atoms. The Kier molecular flexibility index (Phi) is 5.07. The molecule has 140 valence electrons. The quantitative estimate of drug-likeness (QED) is 0.532. The van der Waals surface area contributed by atoms with Gasteiger partial charge in [0, 0.05) is 10.5 Å². The van der Waals surface area contributed by atoms with Crippen LogP contribution in [-0.2, 0) is 16.6 Å². The molecule has 0 unspecified atom stereocenters. The summed E-state index contributed by atoms with van der Waals surface area (Å²) >= 11 is 9.57. The second-order valence-corrected chi connectivity index (χ2v) is 9.31. The Morgan fingerprint density at radius 1 is 1.11 bits per heavy atom. The van der Waals surface area contributed by atoms with E-state index in [0.717, 1.165) is 22.9 Å². The summed E-state index contributed by atoms with van der Waals surface area (Å²) < 4.78 is 34.2. The van der Waals surface area contributed by atoms with Gasteiger partial charge in [-0.25, -0.2) is 8.42 Å². The molecule has 2 aromatic carbocycles. The molecular weight excluding hydrogens is 454 g/mol. The zero-order valence-electron chi connectivity index (χ0n) is 14.0. The number of rotatable bonds is 6. The fraction of sp³-hybridized carbons (Fsp3) is 0.222. The van der Waals surface area contributed by atoms with Gasteiger partial charge in [0.25, 0.3) is 0 Å². The molecule has 1 aliphatic rings. The van der Waals surface area contributed by atoms with E-state index in [1.54, 1.807) is 18.2 Å². The maximum Gasteiger partial charge on any atom is 0.248 e. The Labute approximate surface area is 170 Å². The van der Waals surface area contributed by atoms with E-state index in [-0.39, 0.29) is 28.4 Å². The van der Waals surface area contributed by atoms with Crippen LogP contribution < -0.4 is 0 Å². The highest BCUT2D eigenvalue weighted by molar-refractivity contribution is 9.10. The average Bonchev–Trinajstić information content (AvgIpc) is 3.38. The summed E-state index contributed by atoms with van der Waals surface area (Å²) in [4.78, 5) is 0.0871. The van der Waals surface area contributed by atoms with Crippen molar-refractivity contribution in [2.24, 2.45) is 0 Å². The largest absolute Gasteiger partial charge is 0.419 e. The molecule has 6 nitrogen and oxygen atoms in total. The van der Waals surface area contributed by atoms with E-state index in [0.29, 0.717) is 5.89 Å². The van der Waals surface area contributed by atoms with Crippen molar-refractivity contribution in [3.8, 4) is 11.5 Å². The third-order valence-corrected chi connectivity index (χ3v) is 7.33. The fourth-order valence-electron chi connectivity index (χ4n) is 2.75. The van der Waals surface area contributed by atoms with Crippen molar-refractivity contribution in [3.63, 3.8) is 0 Å². The zero-order valence-corrected chi connectivity index (χ0v) is 17.2. The van der Waals surface area contributed by atoms with Gasteiger partial charge in [0.2, 0.25) is 21.8 Å². The minimum Gasteiger partial charge on any atom is -0.419 e. The van der Waals surface area contributed by atoms with Gasteiger partial charge in [-0.05, 0) is 53.0 Å². The number of sulfonamides is 1. The number of halogens is 2. The maximum absolute atomic E-state index is 13.1. The number of hydrogen-bond acceptors (Lipinski definition) is 5. The predicted octanol–water partition coefficient (Wildman–Crippen LogP) is 4.51. The Bertz CT molecular complexity index is 1080. The van der Waals surface area contributed by atoms with Crippen molar-refractivity contribution in [1.29, 1.82) is 0 Å². The molecule has 1 aliphatic carbocycles. The van der Waals surface area contributed by atoms with Crippen LogP contribution in [0.1, 0.15) is 18.7 Å². The topological polar surface area (TPSA) is 76.3 Å². The smallest absolute Gasteiger partial charge is 0.248 e. The van der Waals surface area contributed by atoms with Gasteiger partial charge in [0.15, 0.2) is 0 Å². The summed E-state index contributed by atoms with van der Waals surface area (Å²) in [5.41, 5.74) is 0.753. The molecule has 0 N–H and O–H groups in total. The Morgan fingerprint density at radius 2 is 1.81 bits per heavy atom. The molecule has 1 aromatic heterocycles. The summed E-state index contributed by atoms with van der Waals surface area (Å²) in [7, 11) is -3.77. The van der Waals surface area contributed by atoms with Crippen LogP contribution in [0.3, 0.4) is 0 Å². The molecule has 3 aromatic rings. The lowest BCUT2D eigenvalue weighted by Gasteiger charge is -2.20. The highest BCUT2D eigenvalue weighted by atomic mass is 79.9. The third-order valence-electron chi connectivity index (χ3n) is 4.24. The van der Waals surface area contributed by atoms with E-state index < -0.39 is 10.0 Å². The minimum atomic E-state index is -3.77. The predicted molar refractivity (Wildman–Crippen MR) is 105 cm³/mol. The number of benzene rings is 2. The van der Waals surface area contributed by atoms with E-state index in [9.17, 15) is 8.42 Å². The molecule has 0 atom stereocenters. The van der Waals surface area contributed by atoms with Crippen LogP contribution >= 0.6 is 27.5 Å². The minimum absolute atomic E-state index is 0.00960. The molecule has 9 heteroatoms. The van der Waals surface area contributed by atoms with Crippen molar-refractivity contribution in [2.75, 3.05) is 0 Å². The van der Waals surface area contributed by atoms with E-state index in [1.165, 1.54) is 10.4 Å². The Morgan fingerprint density at radius 3 is 2.52 bits per heavy atom. The van der Waals surface area contributed by atoms with Crippen LogP contribution in [0, 0.1) is 0 Å². The SMILES string of the molecule is O=S(=O)(c1ccccc1Cl)N(Cc1nnc(-c2ccccc2Br)o1)C1CC1. The molecule has 4 rings (SSSR count). The molecule has 0 saturated heterocycles. The first-order valence-corrected chi connectivity index (χ1v) is 10.9. The highest BCUT2D eigenvalue weighted by Crippen LogP contribution is 2.36. The number of hydrogen-bond donors (Lipinski definition) is 0. The Hall–Kier alpha value is -1.74. The molecule has 1 fully saturated rings. The summed E-state index contributed by atoms with van der Waals surface area (Å²) in [6.45, 7) is 0.00960. The zero-order chi connectivity index (χ0) is 19.0. The lowest BCUT2D eigenvalue weighted by Crippen LogP contribution is -2.33. The lowest BCUT2D eigenvalue weighted by molar-refractivity contribution is 0.351. The van der Waals surface area contributed by atoms with Crippen LogP contribution in [0.25, 0.3) is 11.5 Å². The van der Waals surface area contributed by atoms with Gasteiger partial charge in [0.1, 0.15) is 4.90 Å². The van der Waals surface area contributed by atoms with Gasteiger partial charge >= 0.3 is 0 Å². The van der Waals surface area contributed by atoms with Gasteiger partial charge < -0.3 is 4.42 Å². The number of aromatic nitrogens is 2. The molecule has 0 spiro atoms. The van der Waals surface area contributed by atoms with E-state index in [4.69, 9.17) is 16.0 Å². The third kappa shape index (κ3) is 3.80. The van der Waals surface area contributed by atoms with Gasteiger partial charge in [-0.1, -0.05) is 35.9 Å². The summed E-state index contributed by atoms with van der Waals surface area (Å²) in [6, 6.07) is 13.8. The number of nitrogens with zero attached hydrogens (tertiary/aromatic N) is 3. The van der Waals surface area contributed by atoms with Gasteiger partial charge in [-0.3, -0.25) is 0 Å². The second-order valence-electron chi connectivity index (χ2n) is 6.19. The standard InChI is InChI=1S/C18H15BrClN3O3S/c19-14-6-2-1-5-13(14)18-22-21-17(26-18)11-23(12-9-10-12)27(24,25)16-8-4-3-7-15(16)20/h1-8,12H,9-11H2. The first kappa shape index (κ1) is 18.6. The van der Waals surface area contributed by atoms with E-state index in [1.807, 2.05) is 24.3 Å². The molecule has 0 radical (unpaired) electrons. The van der Waals surface area contributed by atoms with Gasteiger partial charge in [0.05, 0.1) is 17.1 Å². The van der Waals surface area contributed by atoms with Crippen molar-refractivity contribution >= 4 is 37.6 Å². The maximum atomic E-state index is 13.1.